The SMILES string of the molecule is CCC(NS(=O)(=O)N1CCCC(CO)C1)c1cccs1. The standard InChI is InChI=1S/C13H22N2O3S2/c1-2-12(13-6-4-8-19-13)14-20(17,18)15-7-3-5-11(9-15)10-16/h4,6,8,11-12,14,16H,2-3,5,7,9-10H2,1H3. The zero-order chi connectivity index (χ0) is 14.6. The maximum atomic E-state index is 12.4. The fourth-order valence-corrected chi connectivity index (χ4v) is 5.00. The van der Waals surface area contributed by atoms with E-state index in [-0.39, 0.29) is 18.6 Å². The number of aliphatic hydroxyl groups excluding tert-OH is 1. The Morgan fingerprint density at radius 3 is 3.00 bits per heavy atom. The van der Waals surface area contributed by atoms with Crippen LogP contribution in [0.25, 0.3) is 0 Å². The number of aliphatic hydroxyl groups is 1. The summed E-state index contributed by atoms with van der Waals surface area (Å²) in [5.74, 6) is 0.0575. The van der Waals surface area contributed by atoms with Gasteiger partial charge in [-0.2, -0.15) is 17.4 Å². The summed E-state index contributed by atoms with van der Waals surface area (Å²) >= 11 is 1.56. The fourth-order valence-electron chi connectivity index (χ4n) is 2.48. The van der Waals surface area contributed by atoms with Crippen LogP contribution in [0.5, 0.6) is 0 Å². The van der Waals surface area contributed by atoms with E-state index >= 15 is 0 Å². The van der Waals surface area contributed by atoms with Gasteiger partial charge >= 0.3 is 0 Å². The number of hydrogen-bond donors (Lipinski definition) is 2. The maximum Gasteiger partial charge on any atom is 0.280 e. The first-order valence-electron chi connectivity index (χ1n) is 6.98. The van der Waals surface area contributed by atoms with Gasteiger partial charge < -0.3 is 5.11 Å². The minimum atomic E-state index is -3.48. The van der Waals surface area contributed by atoms with E-state index in [1.165, 1.54) is 4.31 Å². The van der Waals surface area contributed by atoms with Crippen molar-refractivity contribution in [2.45, 2.75) is 32.2 Å². The summed E-state index contributed by atoms with van der Waals surface area (Å²) in [6.45, 7) is 2.97. The molecule has 20 heavy (non-hydrogen) atoms. The van der Waals surface area contributed by atoms with E-state index in [2.05, 4.69) is 4.72 Å². The third-order valence-electron chi connectivity index (χ3n) is 3.67. The first-order valence-corrected chi connectivity index (χ1v) is 9.30. The van der Waals surface area contributed by atoms with E-state index in [9.17, 15) is 13.5 Å². The molecule has 2 N–H and O–H groups in total. The Labute approximate surface area is 124 Å². The molecular formula is C13H22N2O3S2. The molecule has 0 bridgehead atoms. The highest BCUT2D eigenvalue weighted by Gasteiger charge is 2.30. The second kappa shape index (κ2) is 7.00. The third kappa shape index (κ3) is 3.79. The highest BCUT2D eigenvalue weighted by molar-refractivity contribution is 7.87. The van der Waals surface area contributed by atoms with E-state index in [1.807, 2.05) is 24.4 Å². The fraction of sp³-hybridized carbons (Fsp3) is 0.692. The van der Waals surface area contributed by atoms with Crippen LogP contribution < -0.4 is 4.72 Å². The molecule has 1 saturated heterocycles. The van der Waals surface area contributed by atoms with Crippen LogP contribution >= 0.6 is 11.3 Å². The van der Waals surface area contributed by atoms with Gasteiger partial charge in [0.15, 0.2) is 0 Å². The first kappa shape index (κ1) is 15.9. The Bertz CT molecular complexity index is 502. The highest BCUT2D eigenvalue weighted by Crippen LogP contribution is 2.24. The van der Waals surface area contributed by atoms with Gasteiger partial charge in [-0.25, -0.2) is 0 Å². The molecule has 2 unspecified atom stereocenters. The normalized spacial score (nSPS) is 22.8. The zero-order valence-electron chi connectivity index (χ0n) is 11.7. The molecule has 1 aromatic heterocycles. The Morgan fingerprint density at radius 2 is 2.40 bits per heavy atom. The average molecular weight is 318 g/mol. The van der Waals surface area contributed by atoms with Crippen molar-refractivity contribution in [2.75, 3.05) is 19.7 Å². The molecule has 114 valence electrons. The minimum Gasteiger partial charge on any atom is -0.396 e. The molecule has 0 aliphatic carbocycles. The Kier molecular flexibility index (Phi) is 5.57. The van der Waals surface area contributed by atoms with Gasteiger partial charge in [0, 0.05) is 24.6 Å². The predicted octanol–water partition coefficient (Wildman–Crippen LogP) is 1.74. The summed E-state index contributed by atoms with van der Waals surface area (Å²) < 4.78 is 29.2. The molecule has 0 radical (unpaired) electrons. The van der Waals surface area contributed by atoms with Crippen molar-refractivity contribution in [1.29, 1.82) is 0 Å². The van der Waals surface area contributed by atoms with E-state index in [0.717, 1.165) is 24.1 Å². The molecule has 5 nitrogen and oxygen atoms in total. The molecule has 2 rings (SSSR count). The van der Waals surface area contributed by atoms with Crippen LogP contribution in [0.4, 0.5) is 0 Å². The van der Waals surface area contributed by atoms with E-state index in [1.54, 1.807) is 11.3 Å². The number of piperidine rings is 1. The van der Waals surface area contributed by atoms with Gasteiger partial charge in [-0.15, -0.1) is 11.3 Å². The smallest absolute Gasteiger partial charge is 0.280 e. The highest BCUT2D eigenvalue weighted by atomic mass is 32.2. The summed E-state index contributed by atoms with van der Waals surface area (Å²) in [6, 6.07) is 3.71. The molecule has 1 aliphatic heterocycles. The van der Waals surface area contributed by atoms with Crippen LogP contribution in [0.1, 0.15) is 37.1 Å². The van der Waals surface area contributed by atoms with E-state index < -0.39 is 10.2 Å². The topological polar surface area (TPSA) is 69.6 Å². The third-order valence-corrected chi connectivity index (χ3v) is 6.25. The van der Waals surface area contributed by atoms with Gasteiger partial charge in [0.25, 0.3) is 10.2 Å². The van der Waals surface area contributed by atoms with Gasteiger partial charge in [-0.3, -0.25) is 0 Å². The van der Waals surface area contributed by atoms with Crippen molar-refractivity contribution < 1.29 is 13.5 Å². The van der Waals surface area contributed by atoms with E-state index in [4.69, 9.17) is 0 Å². The number of hydrogen-bond acceptors (Lipinski definition) is 4. The monoisotopic (exact) mass is 318 g/mol. The molecular weight excluding hydrogens is 296 g/mol. The molecule has 1 aliphatic rings. The Hall–Kier alpha value is -0.470. The largest absolute Gasteiger partial charge is 0.396 e. The number of nitrogens with zero attached hydrogens (tertiary/aromatic N) is 1. The molecule has 0 amide bonds. The summed E-state index contributed by atoms with van der Waals surface area (Å²) in [6.07, 6.45) is 2.42. The molecule has 2 heterocycles. The van der Waals surface area contributed by atoms with Gasteiger partial charge in [0.1, 0.15) is 0 Å². The molecule has 0 saturated carbocycles. The quantitative estimate of drug-likeness (QED) is 0.839. The van der Waals surface area contributed by atoms with Crippen LogP contribution in [0.3, 0.4) is 0 Å². The lowest BCUT2D eigenvalue weighted by Crippen LogP contribution is -2.47. The second-order valence-corrected chi connectivity index (χ2v) is 7.83. The molecule has 0 spiro atoms. The van der Waals surface area contributed by atoms with Crippen molar-refractivity contribution in [2.24, 2.45) is 5.92 Å². The maximum absolute atomic E-state index is 12.4. The summed E-state index contributed by atoms with van der Waals surface area (Å²) in [7, 11) is -3.48. The van der Waals surface area contributed by atoms with Crippen molar-refractivity contribution in [1.82, 2.24) is 9.03 Å². The van der Waals surface area contributed by atoms with E-state index in [0.29, 0.717) is 13.1 Å². The van der Waals surface area contributed by atoms with Gasteiger partial charge in [-0.05, 0) is 36.6 Å². The predicted molar refractivity (Wildman–Crippen MR) is 80.8 cm³/mol. The van der Waals surface area contributed by atoms with Crippen molar-refractivity contribution >= 4 is 21.5 Å². The first-order chi connectivity index (χ1) is 9.56. The molecule has 0 aromatic carbocycles. The van der Waals surface area contributed by atoms with Gasteiger partial charge in [-0.1, -0.05) is 13.0 Å². The van der Waals surface area contributed by atoms with Crippen molar-refractivity contribution in [3.63, 3.8) is 0 Å². The number of nitrogens with one attached hydrogen (secondary N) is 1. The molecule has 1 fully saturated rings. The van der Waals surface area contributed by atoms with Crippen LogP contribution in [0.15, 0.2) is 17.5 Å². The van der Waals surface area contributed by atoms with Crippen LogP contribution in [0.2, 0.25) is 0 Å². The van der Waals surface area contributed by atoms with Crippen molar-refractivity contribution in [3.8, 4) is 0 Å². The summed E-state index contributed by atoms with van der Waals surface area (Å²) in [5.41, 5.74) is 0. The molecule has 7 heteroatoms. The molecule has 2 atom stereocenters. The lowest BCUT2D eigenvalue weighted by molar-refractivity contribution is 0.164. The molecule has 1 aromatic rings. The second-order valence-electron chi connectivity index (χ2n) is 5.15. The lowest BCUT2D eigenvalue weighted by Gasteiger charge is -2.32. The summed E-state index contributed by atoms with van der Waals surface area (Å²) in [5, 5.41) is 11.2. The zero-order valence-corrected chi connectivity index (χ0v) is 13.3. The van der Waals surface area contributed by atoms with Crippen molar-refractivity contribution in [3.05, 3.63) is 22.4 Å². The summed E-state index contributed by atoms with van der Waals surface area (Å²) in [4.78, 5) is 1.03. The Balaban J connectivity index is 2.06. The van der Waals surface area contributed by atoms with Gasteiger partial charge in [0.2, 0.25) is 0 Å². The lowest BCUT2D eigenvalue weighted by atomic mass is 10.0. The number of rotatable bonds is 6. The number of thiophene rings is 1. The minimum absolute atomic E-state index is 0.0498. The Morgan fingerprint density at radius 1 is 1.60 bits per heavy atom. The average Bonchev–Trinajstić information content (AvgIpc) is 2.99. The van der Waals surface area contributed by atoms with Crippen LogP contribution in [-0.2, 0) is 10.2 Å². The van der Waals surface area contributed by atoms with Gasteiger partial charge in [0.05, 0.1) is 6.04 Å². The van der Waals surface area contributed by atoms with Crippen LogP contribution in [0, 0.1) is 5.92 Å². The van der Waals surface area contributed by atoms with Crippen LogP contribution in [-0.4, -0.2) is 37.5 Å².